The first-order valence-electron chi connectivity index (χ1n) is 6.53. The summed E-state index contributed by atoms with van der Waals surface area (Å²) in [5.74, 6) is 0. The summed E-state index contributed by atoms with van der Waals surface area (Å²) in [6.07, 6.45) is 4.99. The molecule has 0 aromatic heterocycles. The van der Waals surface area contributed by atoms with Crippen molar-refractivity contribution in [2.75, 3.05) is 33.4 Å². The number of nitrogens with two attached hydrogens (primary N) is 1. The van der Waals surface area contributed by atoms with Gasteiger partial charge in [0.2, 0.25) is 0 Å². The van der Waals surface area contributed by atoms with Crippen LogP contribution in [0.4, 0.5) is 0 Å². The molecule has 1 saturated heterocycles. The summed E-state index contributed by atoms with van der Waals surface area (Å²) in [5.41, 5.74) is 6.04. The molecular formula is C13H28N2O. The number of likely N-dealkylation sites (N-methyl/N-ethyl adjacent to an activating group) is 1. The molecule has 0 bridgehead atoms. The third kappa shape index (κ3) is 4.81. The predicted octanol–water partition coefficient (Wildman–Crippen LogP) is 1.86. The standard InChI is InChI=1S/C13H28N2O/c1-13(2,11-14)7-4-5-8-15(3)12-6-9-16-10-12/h12H,4-11,14H2,1-3H3. The van der Waals surface area contributed by atoms with E-state index in [4.69, 9.17) is 10.5 Å². The van der Waals surface area contributed by atoms with Crippen LogP contribution in [-0.2, 0) is 4.74 Å². The van der Waals surface area contributed by atoms with Crippen molar-refractivity contribution in [3.05, 3.63) is 0 Å². The van der Waals surface area contributed by atoms with Crippen LogP contribution in [0, 0.1) is 5.41 Å². The SMILES string of the molecule is CN(CCCCC(C)(C)CN)C1CCOC1. The molecule has 16 heavy (non-hydrogen) atoms. The summed E-state index contributed by atoms with van der Waals surface area (Å²) in [6.45, 7) is 8.34. The fourth-order valence-corrected chi connectivity index (χ4v) is 2.12. The van der Waals surface area contributed by atoms with E-state index in [0.29, 0.717) is 11.5 Å². The van der Waals surface area contributed by atoms with Crippen molar-refractivity contribution in [2.24, 2.45) is 11.1 Å². The molecule has 1 heterocycles. The average molecular weight is 228 g/mol. The Morgan fingerprint density at radius 2 is 2.12 bits per heavy atom. The van der Waals surface area contributed by atoms with Gasteiger partial charge in [0.1, 0.15) is 0 Å². The quantitative estimate of drug-likeness (QED) is 0.676. The van der Waals surface area contributed by atoms with E-state index >= 15 is 0 Å². The third-order valence-electron chi connectivity index (χ3n) is 3.70. The van der Waals surface area contributed by atoms with Crippen LogP contribution in [0.3, 0.4) is 0 Å². The van der Waals surface area contributed by atoms with Crippen molar-refractivity contribution in [1.82, 2.24) is 4.90 Å². The average Bonchev–Trinajstić information content (AvgIpc) is 2.77. The van der Waals surface area contributed by atoms with E-state index in [2.05, 4.69) is 25.8 Å². The van der Waals surface area contributed by atoms with Crippen LogP contribution < -0.4 is 5.73 Å². The topological polar surface area (TPSA) is 38.5 Å². The van der Waals surface area contributed by atoms with Crippen LogP contribution in [0.2, 0.25) is 0 Å². The molecule has 0 aromatic rings. The van der Waals surface area contributed by atoms with E-state index in [1.54, 1.807) is 0 Å². The number of hydrogen-bond acceptors (Lipinski definition) is 3. The molecule has 1 aliphatic heterocycles. The fourth-order valence-electron chi connectivity index (χ4n) is 2.12. The first-order valence-corrected chi connectivity index (χ1v) is 6.53. The van der Waals surface area contributed by atoms with Crippen LogP contribution in [0.5, 0.6) is 0 Å². The zero-order valence-electron chi connectivity index (χ0n) is 11.2. The van der Waals surface area contributed by atoms with Gasteiger partial charge in [-0.2, -0.15) is 0 Å². The zero-order chi connectivity index (χ0) is 12.0. The molecule has 1 rings (SSSR count). The number of ether oxygens (including phenoxy) is 1. The molecule has 96 valence electrons. The largest absolute Gasteiger partial charge is 0.380 e. The lowest BCUT2D eigenvalue weighted by Crippen LogP contribution is -2.33. The molecule has 1 fully saturated rings. The van der Waals surface area contributed by atoms with E-state index in [9.17, 15) is 0 Å². The van der Waals surface area contributed by atoms with Gasteiger partial charge in [-0.1, -0.05) is 20.3 Å². The van der Waals surface area contributed by atoms with E-state index < -0.39 is 0 Å². The molecule has 2 N–H and O–H groups in total. The Balaban J connectivity index is 2.06. The number of nitrogens with zero attached hydrogens (tertiary/aromatic N) is 1. The van der Waals surface area contributed by atoms with Crippen molar-refractivity contribution in [1.29, 1.82) is 0 Å². The summed E-state index contributed by atoms with van der Waals surface area (Å²) in [4.78, 5) is 2.45. The Morgan fingerprint density at radius 3 is 2.69 bits per heavy atom. The van der Waals surface area contributed by atoms with Crippen LogP contribution in [-0.4, -0.2) is 44.3 Å². The summed E-state index contributed by atoms with van der Waals surface area (Å²) in [7, 11) is 2.22. The summed E-state index contributed by atoms with van der Waals surface area (Å²) in [6, 6.07) is 0.655. The Labute approximate surface area is 100 Å². The minimum atomic E-state index is 0.315. The Bertz CT molecular complexity index is 188. The molecular weight excluding hydrogens is 200 g/mol. The minimum Gasteiger partial charge on any atom is -0.380 e. The van der Waals surface area contributed by atoms with Crippen molar-refractivity contribution in [2.45, 2.75) is 45.6 Å². The summed E-state index contributed by atoms with van der Waals surface area (Å²) < 4.78 is 5.40. The first kappa shape index (κ1) is 13.9. The summed E-state index contributed by atoms with van der Waals surface area (Å²) >= 11 is 0. The molecule has 1 atom stereocenters. The van der Waals surface area contributed by atoms with E-state index in [1.807, 2.05) is 0 Å². The fraction of sp³-hybridized carbons (Fsp3) is 1.00. The number of hydrogen-bond donors (Lipinski definition) is 1. The molecule has 0 aromatic carbocycles. The van der Waals surface area contributed by atoms with Gasteiger partial charge in [-0.25, -0.2) is 0 Å². The number of rotatable bonds is 7. The maximum atomic E-state index is 5.72. The molecule has 3 nitrogen and oxygen atoms in total. The van der Waals surface area contributed by atoms with Crippen LogP contribution in [0.15, 0.2) is 0 Å². The highest BCUT2D eigenvalue weighted by Gasteiger charge is 2.20. The molecule has 0 aliphatic carbocycles. The highest BCUT2D eigenvalue weighted by molar-refractivity contribution is 4.74. The van der Waals surface area contributed by atoms with Gasteiger partial charge >= 0.3 is 0 Å². The van der Waals surface area contributed by atoms with Crippen LogP contribution in [0.25, 0.3) is 0 Å². The molecule has 1 unspecified atom stereocenters. The van der Waals surface area contributed by atoms with Crippen molar-refractivity contribution in [3.8, 4) is 0 Å². The lowest BCUT2D eigenvalue weighted by atomic mass is 9.87. The van der Waals surface area contributed by atoms with E-state index in [-0.39, 0.29) is 0 Å². The second-order valence-electron chi connectivity index (χ2n) is 5.82. The maximum Gasteiger partial charge on any atom is 0.0622 e. The lowest BCUT2D eigenvalue weighted by Gasteiger charge is -2.25. The van der Waals surface area contributed by atoms with Gasteiger partial charge < -0.3 is 15.4 Å². The van der Waals surface area contributed by atoms with Crippen molar-refractivity contribution < 1.29 is 4.74 Å². The minimum absolute atomic E-state index is 0.315. The monoisotopic (exact) mass is 228 g/mol. The van der Waals surface area contributed by atoms with Gasteiger partial charge in [0.05, 0.1) is 6.61 Å². The molecule has 0 saturated carbocycles. The second-order valence-corrected chi connectivity index (χ2v) is 5.82. The lowest BCUT2D eigenvalue weighted by molar-refractivity contribution is 0.157. The summed E-state index contributed by atoms with van der Waals surface area (Å²) in [5, 5.41) is 0. The van der Waals surface area contributed by atoms with Gasteiger partial charge in [-0.05, 0) is 44.8 Å². The van der Waals surface area contributed by atoms with Gasteiger partial charge in [0.25, 0.3) is 0 Å². The van der Waals surface area contributed by atoms with Crippen molar-refractivity contribution in [3.63, 3.8) is 0 Å². The normalized spacial score (nSPS) is 21.9. The van der Waals surface area contributed by atoms with Gasteiger partial charge in [-0.15, -0.1) is 0 Å². The molecule has 0 amide bonds. The Hall–Kier alpha value is -0.120. The molecule has 0 spiro atoms. The third-order valence-corrected chi connectivity index (χ3v) is 3.70. The maximum absolute atomic E-state index is 5.72. The highest BCUT2D eigenvalue weighted by Crippen LogP contribution is 2.21. The van der Waals surface area contributed by atoms with Crippen molar-refractivity contribution >= 4 is 0 Å². The van der Waals surface area contributed by atoms with E-state index in [1.165, 1.54) is 32.2 Å². The van der Waals surface area contributed by atoms with Gasteiger partial charge in [-0.3, -0.25) is 0 Å². The Morgan fingerprint density at radius 1 is 1.38 bits per heavy atom. The Kier molecular flexibility index (Phi) is 5.73. The van der Waals surface area contributed by atoms with Gasteiger partial charge in [0, 0.05) is 12.6 Å². The first-order chi connectivity index (χ1) is 7.55. The molecule has 3 heteroatoms. The van der Waals surface area contributed by atoms with Gasteiger partial charge in [0.15, 0.2) is 0 Å². The zero-order valence-corrected chi connectivity index (χ0v) is 11.2. The highest BCUT2D eigenvalue weighted by atomic mass is 16.5. The molecule has 0 radical (unpaired) electrons. The predicted molar refractivity (Wildman–Crippen MR) is 68.5 cm³/mol. The van der Waals surface area contributed by atoms with Crippen LogP contribution >= 0.6 is 0 Å². The smallest absolute Gasteiger partial charge is 0.0622 e. The number of unbranched alkanes of at least 4 members (excludes halogenated alkanes) is 1. The molecule has 1 aliphatic rings. The second kappa shape index (κ2) is 6.58. The van der Waals surface area contributed by atoms with E-state index in [0.717, 1.165) is 19.8 Å². The van der Waals surface area contributed by atoms with Crippen LogP contribution in [0.1, 0.15) is 39.5 Å².